The van der Waals surface area contributed by atoms with Crippen molar-refractivity contribution in [2.75, 3.05) is 6.54 Å². The van der Waals surface area contributed by atoms with Crippen molar-refractivity contribution >= 4 is 0 Å². The first-order valence-corrected chi connectivity index (χ1v) is 6.21. The second kappa shape index (κ2) is 5.85. The van der Waals surface area contributed by atoms with Gasteiger partial charge >= 0.3 is 0 Å². The monoisotopic (exact) mass is 219 g/mol. The molecule has 1 heterocycles. The maximum absolute atomic E-state index is 4.15. The Hall–Kier alpha value is -1.09. The summed E-state index contributed by atoms with van der Waals surface area (Å²) >= 11 is 0. The second-order valence-electron chi connectivity index (χ2n) is 4.56. The molecule has 1 aromatic heterocycles. The highest BCUT2D eigenvalue weighted by Crippen LogP contribution is 2.19. The molecule has 0 aromatic carbocycles. The van der Waals surface area contributed by atoms with Gasteiger partial charge in [-0.25, -0.2) is 0 Å². The zero-order chi connectivity index (χ0) is 11.2. The van der Waals surface area contributed by atoms with Gasteiger partial charge in [0.1, 0.15) is 0 Å². The van der Waals surface area contributed by atoms with Crippen molar-refractivity contribution in [2.45, 2.75) is 38.6 Å². The van der Waals surface area contributed by atoms with E-state index in [1.165, 1.54) is 37.7 Å². The van der Waals surface area contributed by atoms with Crippen molar-refractivity contribution in [1.82, 2.24) is 15.1 Å². The van der Waals surface area contributed by atoms with Crippen LogP contribution in [0, 0.1) is 0 Å². The first-order valence-electron chi connectivity index (χ1n) is 6.21. The minimum Gasteiger partial charge on any atom is -0.312 e. The largest absolute Gasteiger partial charge is 0.312 e. The molecule has 1 N–H and O–H groups in total. The summed E-state index contributed by atoms with van der Waals surface area (Å²) in [5, 5.41) is 7.62. The predicted molar refractivity (Wildman–Crippen MR) is 66.1 cm³/mol. The third-order valence-corrected chi connectivity index (χ3v) is 3.10. The van der Waals surface area contributed by atoms with E-state index in [0.717, 1.165) is 13.1 Å². The van der Waals surface area contributed by atoms with Crippen LogP contribution in [0.5, 0.6) is 0 Å². The summed E-state index contributed by atoms with van der Waals surface area (Å²) < 4.78 is 1.85. The molecule has 1 aromatic rings. The number of rotatable bonds is 5. The molecule has 0 spiro atoms. The van der Waals surface area contributed by atoms with E-state index in [9.17, 15) is 0 Å². The van der Waals surface area contributed by atoms with Crippen molar-refractivity contribution in [3.63, 3.8) is 0 Å². The zero-order valence-corrected chi connectivity index (χ0v) is 10.1. The zero-order valence-electron chi connectivity index (χ0n) is 10.1. The lowest BCUT2D eigenvalue weighted by atomic mass is 9.97. The summed E-state index contributed by atoms with van der Waals surface area (Å²) in [4.78, 5) is 0. The van der Waals surface area contributed by atoms with E-state index in [1.807, 2.05) is 17.9 Å². The van der Waals surface area contributed by atoms with E-state index in [1.54, 1.807) is 5.57 Å². The quantitative estimate of drug-likeness (QED) is 0.609. The normalized spacial score (nSPS) is 16.2. The Morgan fingerprint density at radius 2 is 2.38 bits per heavy atom. The molecule has 1 aliphatic rings. The van der Waals surface area contributed by atoms with E-state index in [4.69, 9.17) is 0 Å². The molecule has 0 atom stereocenters. The number of hydrogen-bond donors (Lipinski definition) is 1. The standard InChI is InChI=1S/C13H21N3/c1-16-11-13(10-15-16)9-14-8-7-12-5-3-2-4-6-12/h5,10-11,14H,2-4,6-9H2,1H3. The SMILES string of the molecule is Cn1cc(CNCCC2=CCCCC2)cn1. The third-order valence-electron chi connectivity index (χ3n) is 3.10. The first-order chi connectivity index (χ1) is 7.84. The van der Waals surface area contributed by atoms with Crippen LogP contribution in [0.1, 0.15) is 37.7 Å². The van der Waals surface area contributed by atoms with Gasteiger partial charge in [0.2, 0.25) is 0 Å². The average molecular weight is 219 g/mol. The topological polar surface area (TPSA) is 29.9 Å². The number of aryl methyl sites for hydroxylation is 1. The molecule has 0 bridgehead atoms. The van der Waals surface area contributed by atoms with E-state index in [2.05, 4.69) is 22.7 Å². The molecule has 3 heteroatoms. The highest BCUT2D eigenvalue weighted by molar-refractivity contribution is 5.06. The highest BCUT2D eigenvalue weighted by atomic mass is 15.2. The van der Waals surface area contributed by atoms with Crippen LogP contribution in [0.15, 0.2) is 24.0 Å². The minimum atomic E-state index is 0.932. The first kappa shape index (κ1) is 11.4. The van der Waals surface area contributed by atoms with Gasteiger partial charge in [-0.1, -0.05) is 11.6 Å². The highest BCUT2D eigenvalue weighted by Gasteiger charge is 2.03. The Balaban J connectivity index is 1.63. The Morgan fingerprint density at radius 1 is 1.44 bits per heavy atom. The van der Waals surface area contributed by atoms with Crippen molar-refractivity contribution in [2.24, 2.45) is 7.05 Å². The van der Waals surface area contributed by atoms with Gasteiger partial charge in [0.25, 0.3) is 0 Å². The molecule has 0 aliphatic heterocycles. The maximum atomic E-state index is 4.15. The van der Waals surface area contributed by atoms with E-state index >= 15 is 0 Å². The Labute approximate surface area is 97.5 Å². The summed E-state index contributed by atoms with van der Waals surface area (Å²) in [5.41, 5.74) is 2.91. The lowest BCUT2D eigenvalue weighted by Gasteiger charge is -2.12. The Kier molecular flexibility index (Phi) is 4.17. The molecule has 3 nitrogen and oxygen atoms in total. The lowest BCUT2D eigenvalue weighted by molar-refractivity contribution is 0.632. The Bertz CT molecular complexity index is 352. The molecule has 0 radical (unpaired) electrons. The van der Waals surface area contributed by atoms with Crippen LogP contribution in [0.2, 0.25) is 0 Å². The van der Waals surface area contributed by atoms with Crippen LogP contribution in [-0.2, 0) is 13.6 Å². The molecular weight excluding hydrogens is 198 g/mol. The van der Waals surface area contributed by atoms with Crippen molar-refractivity contribution < 1.29 is 0 Å². The molecule has 1 aliphatic carbocycles. The van der Waals surface area contributed by atoms with Gasteiger partial charge in [-0.15, -0.1) is 0 Å². The van der Waals surface area contributed by atoms with Gasteiger partial charge in [-0.2, -0.15) is 5.10 Å². The molecule has 16 heavy (non-hydrogen) atoms. The number of allylic oxidation sites excluding steroid dienone is 1. The van der Waals surface area contributed by atoms with Crippen LogP contribution in [-0.4, -0.2) is 16.3 Å². The fraction of sp³-hybridized carbons (Fsp3) is 0.615. The van der Waals surface area contributed by atoms with E-state index in [-0.39, 0.29) is 0 Å². The second-order valence-corrected chi connectivity index (χ2v) is 4.56. The summed E-state index contributed by atoms with van der Waals surface area (Å²) in [6.07, 6.45) is 13.0. The number of hydrogen-bond acceptors (Lipinski definition) is 2. The van der Waals surface area contributed by atoms with Gasteiger partial charge in [-0.3, -0.25) is 4.68 Å². The fourth-order valence-corrected chi connectivity index (χ4v) is 2.18. The molecule has 88 valence electrons. The molecule has 0 amide bonds. The Morgan fingerprint density at radius 3 is 3.06 bits per heavy atom. The van der Waals surface area contributed by atoms with Crippen LogP contribution in [0.4, 0.5) is 0 Å². The van der Waals surface area contributed by atoms with Crippen LogP contribution in [0.25, 0.3) is 0 Å². The summed E-state index contributed by atoms with van der Waals surface area (Å²) in [7, 11) is 1.95. The predicted octanol–water partition coefficient (Wildman–Crippen LogP) is 2.40. The smallest absolute Gasteiger partial charge is 0.0534 e. The lowest BCUT2D eigenvalue weighted by Crippen LogP contribution is -2.15. The fourth-order valence-electron chi connectivity index (χ4n) is 2.18. The van der Waals surface area contributed by atoms with Crippen LogP contribution >= 0.6 is 0 Å². The van der Waals surface area contributed by atoms with Crippen LogP contribution < -0.4 is 5.32 Å². The van der Waals surface area contributed by atoms with Gasteiger partial charge in [0, 0.05) is 25.4 Å². The average Bonchev–Trinajstić information content (AvgIpc) is 2.72. The van der Waals surface area contributed by atoms with Gasteiger partial charge in [0.05, 0.1) is 6.20 Å². The minimum absolute atomic E-state index is 0.932. The number of nitrogens with zero attached hydrogens (tertiary/aromatic N) is 2. The number of aromatic nitrogens is 2. The molecule has 0 saturated carbocycles. The molecule has 0 saturated heterocycles. The number of nitrogens with one attached hydrogen (secondary N) is 1. The summed E-state index contributed by atoms with van der Waals surface area (Å²) in [5.74, 6) is 0. The summed E-state index contributed by atoms with van der Waals surface area (Å²) in [6, 6.07) is 0. The van der Waals surface area contributed by atoms with Crippen molar-refractivity contribution in [3.05, 3.63) is 29.6 Å². The van der Waals surface area contributed by atoms with Gasteiger partial charge in [-0.05, 0) is 38.6 Å². The van der Waals surface area contributed by atoms with Gasteiger partial charge in [0.15, 0.2) is 0 Å². The summed E-state index contributed by atoms with van der Waals surface area (Å²) in [6.45, 7) is 2.02. The van der Waals surface area contributed by atoms with Crippen molar-refractivity contribution in [3.8, 4) is 0 Å². The third kappa shape index (κ3) is 3.49. The molecular formula is C13H21N3. The van der Waals surface area contributed by atoms with Crippen molar-refractivity contribution in [1.29, 1.82) is 0 Å². The van der Waals surface area contributed by atoms with Gasteiger partial charge < -0.3 is 5.32 Å². The molecule has 2 rings (SSSR count). The maximum Gasteiger partial charge on any atom is 0.0534 e. The van der Waals surface area contributed by atoms with Crippen LogP contribution in [0.3, 0.4) is 0 Å². The van der Waals surface area contributed by atoms with E-state index < -0.39 is 0 Å². The molecule has 0 fully saturated rings. The van der Waals surface area contributed by atoms with E-state index in [0.29, 0.717) is 0 Å². The molecule has 0 unspecified atom stereocenters.